The lowest BCUT2D eigenvalue weighted by Gasteiger charge is -2.26. The molecule has 2 N–H and O–H groups in total. The zero-order valence-electron chi connectivity index (χ0n) is 18.2. The molecule has 1 atom stereocenters. The molecular formula is C24H27FN4O2. The highest BCUT2D eigenvalue weighted by atomic mass is 19.1. The molecule has 0 aliphatic heterocycles. The molecule has 1 amide bonds. The number of halogens is 1. The summed E-state index contributed by atoms with van der Waals surface area (Å²) in [5.74, 6) is 0.556. The molecule has 1 unspecified atom stereocenters. The van der Waals surface area contributed by atoms with Gasteiger partial charge in [-0.15, -0.1) is 0 Å². The Morgan fingerprint density at radius 2 is 1.94 bits per heavy atom. The lowest BCUT2D eigenvalue weighted by atomic mass is 10.0. The molecule has 1 heterocycles. The van der Waals surface area contributed by atoms with E-state index in [1.54, 1.807) is 38.2 Å². The number of nitrogens with one attached hydrogen (secondary N) is 2. The van der Waals surface area contributed by atoms with Gasteiger partial charge in [0, 0.05) is 25.7 Å². The molecule has 0 radical (unpaired) electrons. The molecule has 1 saturated carbocycles. The quantitative estimate of drug-likeness (QED) is 0.600. The average molecular weight is 423 g/mol. The second-order valence-corrected chi connectivity index (χ2v) is 8.25. The van der Waals surface area contributed by atoms with Gasteiger partial charge in [0.2, 0.25) is 5.91 Å². The number of hydrogen-bond acceptors (Lipinski definition) is 4. The van der Waals surface area contributed by atoms with E-state index in [0.29, 0.717) is 0 Å². The summed E-state index contributed by atoms with van der Waals surface area (Å²) in [6.07, 6.45) is 5.43. The van der Waals surface area contributed by atoms with Gasteiger partial charge in [-0.3, -0.25) is 15.2 Å². The third-order valence-corrected chi connectivity index (χ3v) is 5.77. The first-order valence-corrected chi connectivity index (χ1v) is 10.3. The summed E-state index contributed by atoms with van der Waals surface area (Å²) in [6, 6.07) is 10.2. The fourth-order valence-corrected chi connectivity index (χ4v) is 4.02. The summed E-state index contributed by atoms with van der Waals surface area (Å²) in [5.41, 5.74) is 2.93. The van der Waals surface area contributed by atoms with Crippen LogP contribution in [0.5, 0.6) is 5.75 Å². The van der Waals surface area contributed by atoms with E-state index in [9.17, 15) is 9.18 Å². The molecule has 0 bridgehead atoms. The van der Waals surface area contributed by atoms with Crippen LogP contribution in [-0.2, 0) is 4.79 Å². The van der Waals surface area contributed by atoms with E-state index >= 15 is 0 Å². The number of nitrogens with zero attached hydrogens (tertiary/aromatic N) is 2. The topological polar surface area (TPSA) is 70.2 Å². The fraction of sp³-hybridized carbons (Fsp3) is 0.333. The number of likely N-dealkylation sites (N-methyl/N-ethyl adjacent to an activating group) is 1. The molecule has 0 saturated heterocycles. The van der Waals surface area contributed by atoms with E-state index in [2.05, 4.69) is 15.5 Å². The number of aromatic nitrogens is 2. The molecule has 31 heavy (non-hydrogen) atoms. The normalized spacial score (nSPS) is 15.9. The maximum atomic E-state index is 13.2. The van der Waals surface area contributed by atoms with Gasteiger partial charge in [0.05, 0.1) is 29.2 Å². The highest BCUT2D eigenvalue weighted by Gasteiger charge is 2.51. The third-order valence-electron chi connectivity index (χ3n) is 5.77. The van der Waals surface area contributed by atoms with Crippen molar-refractivity contribution in [3.63, 3.8) is 0 Å². The van der Waals surface area contributed by atoms with Gasteiger partial charge in [0.1, 0.15) is 11.6 Å². The van der Waals surface area contributed by atoms with Crippen molar-refractivity contribution in [1.82, 2.24) is 20.4 Å². The van der Waals surface area contributed by atoms with Gasteiger partial charge >= 0.3 is 0 Å². The van der Waals surface area contributed by atoms with Crippen molar-refractivity contribution < 1.29 is 13.9 Å². The Hall–Kier alpha value is -3.19. The summed E-state index contributed by atoms with van der Waals surface area (Å²) in [7, 11) is 5.21. The maximum Gasteiger partial charge on any atom is 0.242 e. The van der Waals surface area contributed by atoms with Crippen molar-refractivity contribution in [2.45, 2.75) is 31.3 Å². The van der Waals surface area contributed by atoms with Crippen LogP contribution in [0.25, 0.3) is 23.1 Å². The van der Waals surface area contributed by atoms with Crippen LogP contribution in [0.3, 0.4) is 0 Å². The molecule has 0 spiro atoms. The number of amides is 1. The lowest BCUT2D eigenvalue weighted by Crippen LogP contribution is -2.46. The Kier molecular flexibility index (Phi) is 5.54. The average Bonchev–Trinajstić information content (AvgIpc) is 3.42. The number of benzene rings is 2. The van der Waals surface area contributed by atoms with Crippen molar-refractivity contribution in [2.75, 3.05) is 21.2 Å². The van der Waals surface area contributed by atoms with Gasteiger partial charge in [-0.2, -0.15) is 5.10 Å². The highest BCUT2D eigenvalue weighted by molar-refractivity contribution is 5.95. The first-order chi connectivity index (χ1) is 14.8. The summed E-state index contributed by atoms with van der Waals surface area (Å²) in [6.45, 7) is 2.04. The van der Waals surface area contributed by atoms with Crippen LogP contribution in [0.4, 0.5) is 4.39 Å². The second kappa shape index (κ2) is 8.15. The summed E-state index contributed by atoms with van der Waals surface area (Å²) >= 11 is 0. The van der Waals surface area contributed by atoms with Crippen molar-refractivity contribution in [2.24, 2.45) is 0 Å². The van der Waals surface area contributed by atoms with Crippen LogP contribution in [0.1, 0.15) is 42.6 Å². The predicted molar refractivity (Wildman–Crippen MR) is 120 cm³/mol. The van der Waals surface area contributed by atoms with Gasteiger partial charge in [0.25, 0.3) is 0 Å². The SMILES string of the molecule is COc1c(C(C)NC2(C(=O)N(C)C)CC2)ccc2[nH]nc(/C=C/c3ccc(F)cc3)c12. The Balaban J connectivity index is 1.67. The number of carbonyl (C=O) groups excluding carboxylic acids is 1. The molecular weight excluding hydrogens is 395 g/mol. The van der Waals surface area contributed by atoms with Crippen LogP contribution >= 0.6 is 0 Å². The number of fused-ring (bicyclic) bond motifs is 1. The molecule has 1 fully saturated rings. The van der Waals surface area contributed by atoms with Gasteiger partial charge in [-0.05, 0) is 49.6 Å². The highest BCUT2D eigenvalue weighted by Crippen LogP contribution is 2.41. The number of carbonyl (C=O) groups is 1. The van der Waals surface area contributed by atoms with E-state index < -0.39 is 5.54 Å². The zero-order chi connectivity index (χ0) is 22.2. The Morgan fingerprint density at radius 3 is 2.55 bits per heavy atom. The molecule has 2 aromatic carbocycles. The smallest absolute Gasteiger partial charge is 0.242 e. The molecule has 162 valence electrons. The Labute approximate surface area is 181 Å². The van der Waals surface area contributed by atoms with Crippen molar-refractivity contribution in [1.29, 1.82) is 0 Å². The van der Waals surface area contributed by atoms with Crippen LogP contribution < -0.4 is 10.1 Å². The molecule has 4 rings (SSSR count). The number of ether oxygens (including phenoxy) is 1. The molecule has 3 aromatic rings. The van der Waals surface area contributed by atoms with Crippen molar-refractivity contribution >= 4 is 29.0 Å². The van der Waals surface area contributed by atoms with Crippen LogP contribution in [0, 0.1) is 5.82 Å². The molecule has 1 aromatic heterocycles. The van der Waals surface area contributed by atoms with Crippen molar-refractivity contribution in [3.8, 4) is 5.75 Å². The van der Waals surface area contributed by atoms with E-state index in [-0.39, 0.29) is 17.8 Å². The molecule has 7 heteroatoms. The first-order valence-electron chi connectivity index (χ1n) is 10.3. The van der Waals surface area contributed by atoms with Crippen LogP contribution in [0.2, 0.25) is 0 Å². The van der Waals surface area contributed by atoms with Gasteiger partial charge < -0.3 is 9.64 Å². The molecule has 1 aliphatic rings. The minimum absolute atomic E-state index is 0.0884. The number of H-pyrrole nitrogens is 1. The zero-order valence-corrected chi connectivity index (χ0v) is 18.2. The monoisotopic (exact) mass is 422 g/mol. The fourth-order valence-electron chi connectivity index (χ4n) is 4.02. The lowest BCUT2D eigenvalue weighted by molar-refractivity contribution is -0.132. The minimum atomic E-state index is -0.495. The number of rotatable bonds is 7. The summed E-state index contributed by atoms with van der Waals surface area (Å²) in [5, 5.41) is 11.9. The number of hydrogen-bond donors (Lipinski definition) is 2. The second-order valence-electron chi connectivity index (χ2n) is 8.25. The number of aromatic amines is 1. The largest absolute Gasteiger partial charge is 0.496 e. The predicted octanol–water partition coefficient (Wildman–Crippen LogP) is 4.15. The summed E-state index contributed by atoms with van der Waals surface area (Å²) < 4.78 is 19.0. The van der Waals surface area contributed by atoms with Gasteiger partial charge in [-0.25, -0.2) is 4.39 Å². The van der Waals surface area contributed by atoms with Crippen LogP contribution in [0.15, 0.2) is 36.4 Å². The Bertz CT molecular complexity index is 1130. The summed E-state index contributed by atoms with van der Waals surface area (Å²) in [4.78, 5) is 14.2. The number of methoxy groups -OCH3 is 1. The van der Waals surface area contributed by atoms with Gasteiger partial charge in [-0.1, -0.05) is 24.3 Å². The van der Waals surface area contributed by atoms with E-state index in [0.717, 1.165) is 46.3 Å². The van der Waals surface area contributed by atoms with Crippen LogP contribution in [-0.4, -0.2) is 47.7 Å². The third kappa shape index (κ3) is 4.05. The van der Waals surface area contributed by atoms with E-state index in [1.807, 2.05) is 31.2 Å². The maximum absolute atomic E-state index is 13.2. The minimum Gasteiger partial charge on any atom is -0.496 e. The van der Waals surface area contributed by atoms with Gasteiger partial charge in [0.15, 0.2) is 0 Å². The van der Waals surface area contributed by atoms with Crippen molar-refractivity contribution in [3.05, 3.63) is 59.0 Å². The standard InChI is InChI=1S/C24H27FN4O2/c1-15(26-24(13-14-24)23(30)29(2)3)18-10-12-20-21(22(18)31-4)19(27-28-20)11-7-16-5-8-17(25)9-6-16/h5-12,15,26H,13-14H2,1-4H3,(H,27,28)/b11-7+. The van der Waals surface area contributed by atoms with E-state index in [4.69, 9.17) is 4.74 Å². The van der Waals surface area contributed by atoms with E-state index in [1.165, 1.54) is 12.1 Å². The molecule has 6 nitrogen and oxygen atoms in total. The molecule has 1 aliphatic carbocycles. The first kappa shape index (κ1) is 21.1. The Morgan fingerprint density at radius 1 is 1.23 bits per heavy atom.